The molecule has 0 aliphatic rings. The van der Waals surface area contributed by atoms with Gasteiger partial charge in [0, 0.05) is 18.2 Å². The van der Waals surface area contributed by atoms with Crippen molar-refractivity contribution in [2.24, 2.45) is 0 Å². The number of amides is 2. The van der Waals surface area contributed by atoms with E-state index in [1.165, 1.54) is 18.1 Å². The van der Waals surface area contributed by atoms with Crippen LogP contribution in [0.2, 0.25) is 0 Å². The second-order valence-electron chi connectivity index (χ2n) is 6.60. The van der Waals surface area contributed by atoms with Crippen LogP contribution in [-0.2, 0) is 14.3 Å². The first-order valence-corrected chi connectivity index (χ1v) is 8.12. The van der Waals surface area contributed by atoms with E-state index in [1.54, 1.807) is 30.3 Å². The summed E-state index contributed by atoms with van der Waals surface area (Å²) in [6.07, 6.45) is 3.06. The Bertz CT molecular complexity index is 642. The number of hydrogen-bond acceptors (Lipinski definition) is 4. The monoisotopic (exact) mass is 346 g/mol. The zero-order valence-electron chi connectivity index (χ0n) is 15.5. The van der Waals surface area contributed by atoms with Crippen LogP contribution < -0.4 is 5.32 Å². The third-order valence-electron chi connectivity index (χ3n) is 3.29. The van der Waals surface area contributed by atoms with E-state index in [0.717, 1.165) is 5.56 Å². The summed E-state index contributed by atoms with van der Waals surface area (Å²) in [6, 6.07) is 6.70. The van der Waals surface area contributed by atoms with Crippen molar-refractivity contribution in [2.75, 3.05) is 20.2 Å². The SMILES string of the molecule is CCN(CC(=O)NC(C)(C)C)C(=O)/C=C/c1ccc(C(=O)OC)cc1. The molecule has 1 N–H and O–H groups in total. The lowest BCUT2D eigenvalue weighted by Crippen LogP contribution is -2.47. The highest BCUT2D eigenvalue weighted by atomic mass is 16.5. The van der Waals surface area contributed by atoms with Gasteiger partial charge in [-0.15, -0.1) is 0 Å². The molecule has 6 nitrogen and oxygen atoms in total. The van der Waals surface area contributed by atoms with Gasteiger partial charge in [0.05, 0.1) is 19.2 Å². The Morgan fingerprint density at radius 3 is 2.24 bits per heavy atom. The number of nitrogens with one attached hydrogen (secondary N) is 1. The third kappa shape index (κ3) is 7.20. The average molecular weight is 346 g/mol. The second-order valence-corrected chi connectivity index (χ2v) is 6.60. The zero-order valence-corrected chi connectivity index (χ0v) is 15.5. The van der Waals surface area contributed by atoms with Crippen LogP contribution in [0.1, 0.15) is 43.6 Å². The van der Waals surface area contributed by atoms with Gasteiger partial charge in [0.1, 0.15) is 0 Å². The van der Waals surface area contributed by atoms with Crippen LogP contribution in [0.3, 0.4) is 0 Å². The molecule has 0 atom stereocenters. The smallest absolute Gasteiger partial charge is 0.337 e. The molecule has 0 radical (unpaired) electrons. The van der Waals surface area contributed by atoms with Crippen LogP contribution in [0.25, 0.3) is 6.08 Å². The lowest BCUT2D eigenvalue weighted by Gasteiger charge is -2.24. The molecule has 0 spiro atoms. The van der Waals surface area contributed by atoms with Gasteiger partial charge in [-0.1, -0.05) is 12.1 Å². The van der Waals surface area contributed by atoms with Gasteiger partial charge in [-0.3, -0.25) is 9.59 Å². The predicted molar refractivity (Wildman–Crippen MR) is 97.0 cm³/mol. The van der Waals surface area contributed by atoms with Gasteiger partial charge in [0.2, 0.25) is 11.8 Å². The molecule has 0 bridgehead atoms. The number of esters is 1. The molecule has 0 fully saturated rings. The number of carbonyl (C=O) groups is 3. The maximum absolute atomic E-state index is 12.3. The standard InChI is InChI=1S/C19H26N2O4/c1-6-21(13-16(22)20-19(2,3)4)17(23)12-9-14-7-10-15(11-8-14)18(24)25-5/h7-12H,6,13H2,1-5H3,(H,20,22)/b12-9+. The molecule has 0 aromatic heterocycles. The molecule has 0 unspecified atom stereocenters. The van der Waals surface area contributed by atoms with Crippen molar-refractivity contribution < 1.29 is 19.1 Å². The number of nitrogens with zero attached hydrogens (tertiary/aromatic N) is 1. The zero-order chi connectivity index (χ0) is 19.0. The normalized spacial score (nSPS) is 11.2. The van der Waals surface area contributed by atoms with E-state index in [1.807, 2.05) is 27.7 Å². The maximum atomic E-state index is 12.3. The fourth-order valence-electron chi connectivity index (χ4n) is 2.10. The summed E-state index contributed by atoms with van der Waals surface area (Å²) in [4.78, 5) is 37.1. The summed E-state index contributed by atoms with van der Waals surface area (Å²) in [7, 11) is 1.32. The first-order chi connectivity index (χ1) is 11.7. The van der Waals surface area contributed by atoms with Crippen molar-refractivity contribution in [3.05, 3.63) is 41.5 Å². The predicted octanol–water partition coefficient (Wildman–Crippen LogP) is 2.25. The molecule has 6 heteroatoms. The van der Waals surface area contributed by atoms with E-state index in [4.69, 9.17) is 0 Å². The van der Waals surface area contributed by atoms with Crippen LogP contribution >= 0.6 is 0 Å². The van der Waals surface area contributed by atoms with Gasteiger partial charge in [-0.05, 0) is 51.5 Å². The van der Waals surface area contributed by atoms with E-state index in [-0.39, 0.29) is 23.9 Å². The summed E-state index contributed by atoms with van der Waals surface area (Å²) >= 11 is 0. The number of hydrogen-bond donors (Lipinski definition) is 1. The van der Waals surface area contributed by atoms with E-state index in [0.29, 0.717) is 12.1 Å². The van der Waals surface area contributed by atoms with Crippen LogP contribution in [0.15, 0.2) is 30.3 Å². The summed E-state index contributed by atoms with van der Waals surface area (Å²) in [5.41, 5.74) is 0.882. The fourth-order valence-corrected chi connectivity index (χ4v) is 2.10. The Kier molecular flexibility index (Phi) is 7.36. The Morgan fingerprint density at radius 2 is 1.76 bits per heavy atom. The van der Waals surface area contributed by atoms with Gasteiger partial charge in [-0.2, -0.15) is 0 Å². The second kappa shape index (κ2) is 9.01. The minimum Gasteiger partial charge on any atom is -0.465 e. The van der Waals surface area contributed by atoms with Gasteiger partial charge in [0.25, 0.3) is 0 Å². The minimum absolute atomic E-state index is 0.0121. The first kappa shape index (κ1) is 20.4. The largest absolute Gasteiger partial charge is 0.465 e. The molecule has 0 heterocycles. The number of rotatable bonds is 6. The van der Waals surface area contributed by atoms with Crippen molar-refractivity contribution in [2.45, 2.75) is 33.2 Å². The average Bonchev–Trinajstić information content (AvgIpc) is 2.55. The van der Waals surface area contributed by atoms with E-state index >= 15 is 0 Å². The van der Waals surface area contributed by atoms with Gasteiger partial charge >= 0.3 is 5.97 Å². The van der Waals surface area contributed by atoms with Crippen molar-refractivity contribution in [3.63, 3.8) is 0 Å². The van der Waals surface area contributed by atoms with Crippen molar-refractivity contribution in [1.82, 2.24) is 10.2 Å². The Hall–Kier alpha value is -2.63. The quantitative estimate of drug-likeness (QED) is 0.633. The number of benzene rings is 1. The Labute approximate surface area is 148 Å². The molecule has 0 aliphatic heterocycles. The molecule has 136 valence electrons. The van der Waals surface area contributed by atoms with Crippen molar-refractivity contribution in [3.8, 4) is 0 Å². The minimum atomic E-state index is -0.409. The lowest BCUT2D eigenvalue weighted by molar-refractivity contribution is -0.132. The first-order valence-electron chi connectivity index (χ1n) is 8.12. The molecule has 1 rings (SSSR count). The summed E-state index contributed by atoms with van der Waals surface area (Å²) in [6.45, 7) is 7.93. The van der Waals surface area contributed by atoms with E-state index < -0.39 is 5.97 Å². The van der Waals surface area contributed by atoms with Gasteiger partial charge < -0.3 is 15.0 Å². The molecular weight excluding hydrogens is 320 g/mol. The topological polar surface area (TPSA) is 75.7 Å². The van der Waals surface area contributed by atoms with Gasteiger partial charge in [0.15, 0.2) is 0 Å². The fraction of sp³-hybridized carbons (Fsp3) is 0.421. The summed E-state index contributed by atoms with van der Waals surface area (Å²) < 4.78 is 4.64. The molecule has 2 amide bonds. The molecule has 1 aromatic rings. The summed E-state index contributed by atoms with van der Waals surface area (Å²) in [5, 5.41) is 2.83. The maximum Gasteiger partial charge on any atom is 0.337 e. The van der Waals surface area contributed by atoms with E-state index in [9.17, 15) is 14.4 Å². The van der Waals surface area contributed by atoms with Crippen LogP contribution in [-0.4, -0.2) is 48.4 Å². The summed E-state index contributed by atoms with van der Waals surface area (Å²) in [5.74, 6) is -0.851. The molecule has 25 heavy (non-hydrogen) atoms. The number of ether oxygens (including phenoxy) is 1. The Morgan fingerprint density at radius 1 is 1.16 bits per heavy atom. The molecule has 0 saturated heterocycles. The number of carbonyl (C=O) groups excluding carboxylic acids is 3. The van der Waals surface area contributed by atoms with Crippen LogP contribution in [0.5, 0.6) is 0 Å². The third-order valence-corrected chi connectivity index (χ3v) is 3.29. The highest BCUT2D eigenvalue weighted by molar-refractivity contribution is 5.94. The van der Waals surface area contributed by atoms with Crippen LogP contribution in [0, 0.1) is 0 Å². The molecule has 0 saturated carbocycles. The van der Waals surface area contributed by atoms with Crippen molar-refractivity contribution >= 4 is 23.9 Å². The molecular formula is C19H26N2O4. The molecule has 1 aromatic carbocycles. The lowest BCUT2D eigenvalue weighted by atomic mass is 10.1. The molecule has 0 aliphatic carbocycles. The van der Waals surface area contributed by atoms with Gasteiger partial charge in [-0.25, -0.2) is 4.79 Å². The van der Waals surface area contributed by atoms with Crippen LogP contribution in [0.4, 0.5) is 0 Å². The van der Waals surface area contributed by atoms with E-state index in [2.05, 4.69) is 10.1 Å². The number of methoxy groups -OCH3 is 1. The number of likely N-dealkylation sites (N-methyl/N-ethyl adjacent to an activating group) is 1. The van der Waals surface area contributed by atoms with Crippen molar-refractivity contribution in [1.29, 1.82) is 0 Å². The Balaban J connectivity index is 2.70. The highest BCUT2D eigenvalue weighted by Crippen LogP contribution is 2.08. The highest BCUT2D eigenvalue weighted by Gasteiger charge is 2.18.